The second-order valence-electron chi connectivity index (χ2n) is 7.96. The van der Waals surface area contributed by atoms with Crippen LogP contribution in [0.1, 0.15) is 47.1 Å². The zero-order valence-electron chi connectivity index (χ0n) is 17.6. The lowest BCUT2D eigenvalue weighted by Crippen LogP contribution is -2.22. The lowest BCUT2D eigenvalue weighted by atomic mass is 10.2. The molecule has 0 unspecified atom stereocenters. The molecule has 2 aromatic heterocycles. The highest BCUT2D eigenvalue weighted by molar-refractivity contribution is 9.10. The maximum Gasteiger partial charge on any atom is 0.436 e. The molecule has 1 aliphatic rings. The standard InChI is InChI=1S/C21H19BrClF4N5O/c1-10-18(11(2)31(29-10)8-13-5-6-14(24)7-15(13)23)28-16(33)9-32-19(12-3-4-12)17(22)20(30-32)21(25,26)27/h5-7,12H,3-4,8-9H2,1-2H3,(H,28,33). The summed E-state index contributed by atoms with van der Waals surface area (Å²) < 4.78 is 55.8. The van der Waals surface area contributed by atoms with Crippen molar-refractivity contribution in [3.05, 3.63) is 61.9 Å². The number of alkyl halides is 3. The van der Waals surface area contributed by atoms with E-state index in [1.165, 1.54) is 12.1 Å². The van der Waals surface area contributed by atoms with Crippen molar-refractivity contribution in [1.82, 2.24) is 19.6 Å². The van der Waals surface area contributed by atoms with Crippen LogP contribution in [0.15, 0.2) is 22.7 Å². The predicted octanol–water partition coefficient (Wildman–Crippen LogP) is 5.83. The van der Waals surface area contributed by atoms with Crippen LogP contribution >= 0.6 is 27.5 Å². The molecule has 0 bridgehead atoms. The van der Waals surface area contributed by atoms with Gasteiger partial charge in [0.2, 0.25) is 5.91 Å². The Balaban J connectivity index is 1.54. The minimum absolute atomic E-state index is 0.0533. The largest absolute Gasteiger partial charge is 0.436 e. The highest BCUT2D eigenvalue weighted by Gasteiger charge is 2.42. The number of rotatable bonds is 6. The molecular weight excluding hydrogens is 530 g/mol. The van der Waals surface area contributed by atoms with Gasteiger partial charge in [0.25, 0.3) is 0 Å². The van der Waals surface area contributed by atoms with E-state index >= 15 is 0 Å². The number of halogens is 6. The summed E-state index contributed by atoms with van der Waals surface area (Å²) in [6.07, 6.45) is -3.12. The fourth-order valence-corrected chi connectivity index (χ4v) is 4.72. The average molecular weight is 549 g/mol. The van der Waals surface area contributed by atoms with Gasteiger partial charge in [0.05, 0.1) is 33.8 Å². The zero-order valence-corrected chi connectivity index (χ0v) is 19.9. The van der Waals surface area contributed by atoms with Gasteiger partial charge in [-0.05, 0) is 60.3 Å². The highest BCUT2D eigenvalue weighted by atomic mass is 79.9. The number of anilines is 1. The van der Waals surface area contributed by atoms with Crippen LogP contribution in [0.5, 0.6) is 0 Å². The number of carbonyl (C=O) groups is 1. The first-order valence-electron chi connectivity index (χ1n) is 10.1. The summed E-state index contributed by atoms with van der Waals surface area (Å²) in [7, 11) is 0. The van der Waals surface area contributed by atoms with E-state index in [1.807, 2.05) is 0 Å². The van der Waals surface area contributed by atoms with Gasteiger partial charge in [0.15, 0.2) is 5.69 Å². The molecule has 0 saturated heterocycles. The van der Waals surface area contributed by atoms with Crippen molar-refractivity contribution in [3.8, 4) is 0 Å². The average Bonchev–Trinajstić information content (AvgIpc) is 3.44. The van der Waals surface area contributed by atoms with Gasteiger partial charge in [-0.1, -0.05) is 17.7 Å². The molecule has 176 valence electrons. The summed E-state index contributed by atoms with van der Waals surface area (Å²) in [5.41, 5.74) is 1.60. The highest BCUT2D eigenvalue weighted by Crippen LogP contribution is 2.47. The summed E-state index contributed by atoms with van der Waals surface area (Å²) in [5, 5.41) is 11.1. The third kappa shape index (κ3) is 4.93. The number of benzene rings is 1. The van der Waals surface area contributed by atoms with Crippen LogP contribution in [0.4, 0.5) is 23.2 Å². The van der Waals surface area contributed by atoms with Crippen LogP contribution in [0.25, 0.3) is 0 Å². The molecule has 1 saturated carbocycles. The van der Waals surface area contributed by atoms with E-state index in [4.69, 9.17) is 11.6 Å². The topological polar surface area (TPSA) is 64.7 Å². The smallest absolute Gasteiger partial charge is 0.321 e. The van der Waals surface area contributed by atoms with E-state index in [-0.39, 0.29) is 28.5 Å². The molecule has 4 rings (SSSR count). The Morgan fingerprint density at radius 3 is 2.55 bits per heavy atom. The molecule has 0 atom stereocenters. The maximum atomic E-state index is 13.3. The zero-order chi connectivity index (χ0) is 24.1. The first-order chi connectivity index (χ1) is 15.5. The van der Waals surface area contributed by atoms with E-state index < -0.39 is 23.6 Å². The number of hydrogen-bond acceptors (Lipinski definition) is 3. The Bertz CT molecular complexity index is 1230. The van der Waals surface area contributed by atoms with Crippen molar-refractivity contribution in [2.24, 2.45) is 0 Å². The molecule has 1 N–H and O–H groups in total. The second kappa shape index (κ2) is 8.75. The van der Waals surface area contributed by atoms with Crippen molar-refractivity contribution >= 4 is 39.1 Å². The fraction of sp³-hybridized carbons (Fsp3) is 0.381. The van der Waals surface area contributed by atoms with Gasteiger partial charge in [0, 0.05) is 10.9 Å². The predicted molar refractivity (Wildman–Crippen MR) is 118 cm³/mol. The number of carbonyl (C=O) groups excluding carboxylic acids is 1. The van der Waals surface area contributed by atoms with Crippen LogP contribution < -0.4 is 5.32 Å². The molecule has 1 fully saturated rings. The monoisotopic (exact) mass is 547 g/mol. The number of nitrogens with one attached hydrogen (secondary N) is 1. The van der Waals surface area contributed by atoms with Crippen molar-refractivity contribution in [3.63, 3.8) is 0 Å². The molecule has 33 heavy (non-hydrogen) atoms. The van der Waals surface area contributed by atoms with Crippen molar-refractivity contribution < 1.29 is 22.4 Å². The minimum Gasteiger partial charge on any atom is -0.321 e. The molecule has 0 aliphatic heterocycles. The third-order valence-corrected chi connectivity index (χ3v) is 6.57. The van der Waals surface area contributed by atoms with E-state index in [0.717, 1.165) is 17.5 Å². The Morgan fingerprint density at radius 1 is 1.24 bits per heavy atom. The lowest BCUT2D eigenvalue weighted by Gasteiger charge is -2.10. The summed E-state index contributed by atoms with van der Waals surface area (Å²) in [6.45, 7) is 3.34. The Morgan fingerprint density at radius 2 is 1.94 bits per heavy atom. The van der Waals surface area contributed by atoms with Crippen LogP contribution in [-0.4, -0.2) is 25.5 Å². The summed E-state index contributed by atoms with van der Waals surface area (Å²) in [5.74, 6) is -1.02. The molecule has 1 aliphatic carbocycles. The SMILES string of the molecule is Cc1nn(Cc2ccc(F)cc2Cl)c(C)c1NC(=O)Cn1nc(C(F)(F)F)c(Br)c1C1CC1. The van der Waals surface area contributed by atoms with E-state index in [2.05, 4.69) is 31.4 Å². The van der Waals surface area contributed by atoms with Gasteiger partial charge >= 0.3 is 6.18 Å². The van der Waals surface area contributed by atoms with Crippen LogP contribution in [0.3, 0.4) is 0 Å². The Hall–Kier alpha value is -2.40. The molecule has 0 radical (unpaired) electrons. The number of hydrogen-bond donors (Lipinski definition) is 1. The minimum atomic E-state index is -4.62. The molecule has 1 amide bonds. The van der Waals surface area contributed by atoms with E-state index in [9.17, 15) is 22.4 Å². The quantitative estimate of drug-likeness (QED) is 0.394. The van der Waals surface area contributed by atoms with Crippen molar-refractivity contribution in [1.29, 1.82) is 0 Å². The van der Waals surface area contributed by atoms with Crippen LogP contribution in [0, 0.1) is 19.7 Å². The van der Waals surface area contributed by atoms with Crippen LogP contribution in [0.2, 0.25) is 5.02 Å². The van der Waals surface area contributed by atoms with Gasteiger partial charge in [0.1, 0.15) is 12.4 Å². The summed E-state index contributed by atoms with van der Waals surface area (Å²) in [4.78, 5) is 12.7. The molecule has 12 heteroatoms. The molecule has 1 aromatic carbocycles. The number of aromatic nitrogens is 4. The van der Waals surface area contributed by atoms with E-state index in [0.29, 0.717) is 28.3 Å². The first kappa shape index (κ1) is 23.7. The van der Waals surface area contributed by atoms with Gasteiger partial charge < -0.3 is 5.32 Å². The maximum absolute atomic E-state index is 13.3. The molecule has 2 heterocycles. The van der Waals surface area contributed by atoms with Gasteiger partial charge in [-0.25, -0.2) is 4.39 Å². The molecule has 0 spiro atoms. The summed E-state index contributed by atoms with van der Waals surface area (Å²) >= 11 is 9.12. The molecule has 3 aromatic rings. The van der Waals surface area contributed by atoms with Gasteiger partial charge in [-0.2, -0.15) is 23.4 Å². The molecular formula is C21H19BrClF4N5O. The summed E-state index contributed by atoms with van der Waals surface area (Å²) in [6, 6.07) is 4.06. The van der Waals surface area contributed by atoms with Gasteiger partial charge in [-0.3, -0.25) is 14.2 Å². The normalized spacial score (nSPS) is 14.1. The lowest BCUT2D eigenvalue weighted by molar-refractivity contribution is -0.142. The number of aryl methyl sites for hydroxylation is 1. The Labute approximate surface area is 200 Å². The number of amides is 1. The first-order valence-corrected chi connectivity index (χ1v) is 11.2. The van der Waals surface area contributed by atoms with Gasteiger partial charge in [-0.15, -0.1) is 0 Å². The second-order valence-corrected chi connectivity index (χ2v) is 9.17. The van der Waals surface area contributed by atoms with Crippen molar-refractivity contribution in [2.45, 2.75) is 51.9 Å². The number of nitrogens with zero attached hydrogens (tertiary/aromatic N) is 4. The van der Waals surface area contributed by atoms with Crippen LogP contribution in [-0.2, 0) is 24.1 Å². The fourth-order valence-electron chi connectivity index (χ4n) is 3.66. The molecule has 6 nitrogen and oxygen atoms in total. The van der Waals surface area contributed by atoms with E-state index in [1.54, 1.807) is 24.6 Å². The van der Waals surface area contributed by atoms with Crippen molar-refractivity contribution in [2.75, 3.05) is 5.32 Å². The third-order valence-electron chi connectivity index (χ3n) is 5.44. The Kier molecular flexibility index (Phi) is 6.30.